The highest BCUT2D eigenvalue weighted by Crippen LogP contribution is 2.46. The molecule has 0 spiro atoms. The van der Waals surface area contributed by atoms with Crippen LogP contribution in [0.25, 0.3) is 0 Å². The van der Waals surface area contributed by atoms with Gasteiger partial charge < -0.3 is 19.3 Å². The van der Waals surface area contributed by atoms with Crippen LogP contribution < -0.4 is 14.2 Å². The van der Waals surface area contributed by atoms with E-state index in [1.54, 1.807) is 0 Å². The van der Waals surface area contributed by atoms with E-state index in [1.165, 1.54) is 21.3 Å². The Balaban J connectivity index is 3.35. The molecular formula is C14H17NO8. The number of methoxy groups -OCH3 is 3. The Morgan fingerprint density at radius 1 is 1.09 bits per heavy atom. The molecule has 0 amide bonds. The minimum Gasteiger partial charge on any atom is -0.492 e. The maximum atomic E-state index is 12.3. The van der Waals surface area contributed by atoms with Gasteiger partial charge in [-0.3, -0.25) is 19.7 Å². The number of carbonyl (C=O) groups excluding carboxylic acids is 1. The van der Waals surface area contributed by atoms with E-state index >= 15 is 0 Å². The van der Waals surface area contributed by atoms with E-state index in [0.717, 1.165) is 6.07 Å². The third-order valence-electron chi connectivity index (χ3n) is 3.07. The van der Waals surface area contributed by atoms with Crippen LogP contribution >= 0.6 is 0 Å². The Bertz CT molecular complexity index is 626. The van der Waals surface area contributed by atoms with Crippen LogP contribution in [0.2, 0.25) is 0 Å². The number of Topliss-reactive ketones (excluding diaryl/α,β-unsaturated/α-hetero) is 1. The molecule has 23 heavy (non-hydrogen) atoms. The van der Waals surface area contributed by atoms with Gasteiger partial charge in [-0.05, 0) is 6.42 Å². The molecule has 1 N–H and O–H groups in total. The lowest BCUT2D eigenvalue weighted by molar-refractivity contribution is -0.385. The van der Waals surface area contributed by atoms with Crippen molar-refractivity contribution in [2.24, 2.45) is 0 Å². The second-order valence-corrected chi connectivity index (χ2v) is 4.47. The van der Waals surface area contributed by atoms with Crippen molar-refractivity contribution in [3.63, 3.8) is 0 Å². The Morgan fingerprint density at radius 2 is 1.65 bits per heavy atom. The molecular weight excluding hydrogens is 310 g/mol. The highest BCUT2D eigenvalue weighted by molar-refractivity contribution is 6.01. The van der Waals surface area contributed by atoms with Crippen molar-refractivity contribution in [2.75, 3.05) is 21.3 Å². The van der Waals surface area contributed by atoms with E-state index in [4.69, 9.17) is 19.3 Å². The summed E-state index contributed by atoms with van der Waals surface area (Å²) < 4.78 is 15.2. The second kappa shape index (κ2) is 7.97. The SMILES string of the molecule is COc1c(C(=O)CCCC(=O)O)cc([N+](=O)[O-])c(OC)c1OC. The topological polar surface area (TPSA) is 125 Å². The number of benzene rings is 1. The summed E-state index contributed by atoms with van der Waals surface area (Å²) in [7, 11) is 3.79. The zero-order valence-electron chi connectivity index (χ0n) is 13.0. The Hall–Kier alpha value is -2.84. The third-order valence-corrected chi connectivity index (χ3v) is 3.07. The summed E-state index contributed by atoms with van der Waals surface area (Å²) in [6.07, 6.45) is -0.155. The zero-order valence-corrected chi connectivity index (χ0v) is 13.0. The molecule has 0 bridgehead atoms. The molecule has 1 rings (SSSR count). The number of carboxylic acid groups (broad SMARTS) is 1. The summed E-state index contributed by atoms with van der Waals surface area (Å²) in [5, 5.41) is 19.8. The number of carboxylic acids is 1. The predicted octanol–water partition coefficient (Wildman–Crippen LogP) is 2.06. The highest BCUT2D eigenvalue weighted by atomic mass is 16.6. The Labute approximate surface area is 131 Å². The first-order valence-electron chi connectivity index (χ1n) is 6.59. The molecule has 0 atom stereocenters. The van der Waals surface area contributed by atoms with Crippen molar-refractivity contribution >= 4 is 17.4 Å². The molecule has 9 nitrogen and oxygen atoms in total. The first kappa shape index (κ1) is 18.2. The van der Waals surface area contributed by atoms with Crippen molar-refractivity contribution in [1.82, 2.24) is 0 Å². The van der Waals surface area contributed by atoms with Gasteiger partial charge in [-0.15, -0.1) is 0 Å². The van der Waals surface area contributed by atoms with Gasteiger partial charge in [-0.2, -0.15) is 0 Å². The first-order chi connectivity index (χ1) is 10.9. The van der Waals surface area contributed by atoms with Gasteiger partial charge in [0, 0.05) is 18.9 Å². The minimum absolute atomic E-state index is 0.00951. The van der Waals surface area contributed by atoms with Gasteiger partial charge in [-0.1, -0.05) is 0 Å². The normalized spacial score (nSPS) is 10.0. The van der Waals surface area contributed by atoms with Crippen molar-refractivity contribution in [3.8, 4) is 17.2 Å². The first-order valence-corrected chi connectivity index (χ1v) is 6.59. The van der Waals surface area contributed by atoms with Crippen molar-refractivity contribution < 1.29 is 33.8 Å². The Morgan fingerprint density at radius 3 is 2.09 bits per heavy atom. The molecule has 0 aromatic heterocycles. The van der Waals surface area contributed by atoms with E-state index < -0.39 is 22.4 Å². The monoisotopic (exact) mass is 327 g/mol. The van der Waals surface area contributed by atoms with Crippen LogP contribution in [0.4, 0.5) is 5.69 Å². The van der Waals surface area contributed by atoms with Gasteiger partial charge in [0.15, 0.2) is 11.5 Å². The lowest BCUT2D eigenvalue weighted by Crippen LogP contribution is -2.08. The van der Waals surface area contributed by atoms with E-state index in [1.807, 2.05) is 0 Å². The van der Waals surface area contributed by atoms with Crippen LogP contribution in [0.5, 0.6) is 17.2 Å². The molecule has 0 radical (unpaired) electrons. The molecule has 126 valence electrons. The molecule has 0 saturated carbocycles. The number of rotatable bonds is 9. The van der Waals surface area contributed by atoms with Crippen LogP contribution in [0, 0.1) is 10.1 Å². The van der Waals surface area contributed by atoms with Crippen molar-refractivity contribution in [1.29, 1.82) is 0 Å². The number of aliphatic carboxylic acids is 1. The smallest absolute Gasteiger partial charge is 0.315 e. The summed E-state index contributed by atoms with van der Waals surface area (Å²) in [5.41, 5.74) is -0.492. The average molecular weight is 327 g/mol. The molecule has 0 aliphatic heterocycles. The van der Waals surface area contributed by atoms with Crippen LogP contribution in [0.1, 0.15) is 29.6 Å². The highest BCUT2D eigenvalue weighted by Gasteiger charge is 2.29. The third kappa shape index (κ3) is 4.09. The van der Waals surface area contributed by atoms with Crippen LogP contribution in [0.3, 0.4) is 0 Å². The summed E-state index contributed by atoms with van der Waals surface area (Å²) >= 11 is 0. The fourth-order valence-electron chi connectivity index (χ4n) is 2.07. The number of nitro groups is 1. The van der Waals surface area contributed by atoms with Gasteiger partial charge in [0.05, 0.1) is 31.8 Å². The fraction of sp³-hybridized carbons (Fsp3) is 0.429. The Kier molecular flexibility index (Phi) is 6.31. The maximum absolute atomic E-state index is 12.3. The second-order valence-electron chi connectivity index (χ2n) is 4.47. The van der Waals surface area contributed by atoms with Crippen molar-refractivity contribution in [3.05, 3.63) is 21.7 Å². The van der Waals surface area contributed by atoms with Gasteiger partial charge >= 0.3 is 11.7 Å². The predicted molar refractivity (Wildman–Crippen MR) is 78.6 cm³/mol. The number of hydrogen-bond donors (Lipinski definition) is 1. The molecule has 9 heteroatoms. The largest absolute Gasteiger partial charge is 0.492 e. The zero-order chi connectivity index (χ0) is 17.6. The summed E-state index contributed by atoms with van der Waals surface area (Å²) in [5.74, 6) is -1.72. The molecule has 0 unspecified atom stereocenters. The summed E-state index contributed by atoms with van der Waals surface area (Å²) in [6, 6.07) is 1.04. The molecule has 0 fully saturated rings. The average Bonchev–Trinajstić information content (AvgIpc) is 2.51. The minimum atomic E-state index is -1.02. The molecule has 0 saturated heterocycles. The van der Waals surface area contributed by atoms with Gasteiger partial charge in [0.1, 0.15) is 0 Å². The van der Waals surface area contributed by atoms with Gasteiger partial charge in [-0.25, -0.2) is 0 Å². The lowest BCUT2D eigenvalue weighted by atomic mass is 10.0. The standard InChI is InChI=1S/C14H17NO8/c1-21-12-8(10(16)5-4-6-11(17)18)7-9(15(19)20)13(22-2)14(12)23-3/h7H,4-6H2,1-3H3,(H,17,18). The number of ether oxygens (including phenoxy) is 3. The number of nitrogens with zero attached hydrogens (tertiary/aromatic N) is 1. The van der Waals surface area contributed by atoms with E-state index in [9.17, 15) is 19.7 Å². The van der Waals surface area contributed by atoms with Crippen molar-refractivity contribution in [2.45, 2.75) is 19.3 Å². The van der Waals surface area contributed by atoms with Gasteiger partial charge in [0.25, 0.3) is 0 Å². The molecule has 0 heterocycles. The van der Waals surface area contributed by atoms with E-state index in [-0.39, 0.29) is 42.1 Å². The molecule has 1 aromatic rings. The lowest BCUT2D eigenvalue weighted by Gasteiger charge is -2.15. The van der Waals surface area contributed by atoms with Crippen LogP contribution in [-0.4, -0.2) is 43.1 Å². The summed E-state index contributed by atoms with van der Waals surface area (Å²) in [4.78, 5) is 33.2. The number of hydrogen-bond acceptors (Lipinski definition) is 7. The number of carbonyl (C=O) groups is 2. The van der Waals surface area contributed by atoms with E-state index in [0.29, 0.717) is 0 Å². The number of nitro benzene ring substituents is 1. The van der Waals surface area contributed by atoms with Crippen LogP contribution in [0.15, 0.2) is 6.07 Å². The fourth-order valence-corrected chi connectivity index (χ4v) is 2.07. The van der Waals surface area contributed by atoms with Gasteiger partial charge in [0.2, 0.25) is 11.5 Å². The van der Waals surface area contributed by atoms with Crippen LogP contribution in [-0.2, 0) is 4.79 Å². The van der Waals surface area contributed by atoms with E-state index in [2.05, 4.69) is 0 Å². The molecule has 1 aromatic carbocycles. The molecule has 0 aliphatic rings. The number of ketones is 1. The molecule has 0 aliphatic carbocycles. The maximum Gasteiger partial charge on any atom is 0.315 e. The quantitative estimate of drug-likeness (QED) is 0.415. The summed E-state index contributed by atoms with van der Waals surface area (Å²) in [6.45, 7) is 0.